The summed E-state index contributed by atoms with van der Waals surface area (Å²) in [6.07, 6.45) is 0. The zero-order valence-corrected chi connectivity index (χ0v) is 11.1. The number of hydrogen-bond acceptors (Lipinski definition) is 5. The van der Waals surface area contributed by atoms with Crippen LogP contribution < -0.4 is 10.6 Å². The van der Waals surface area contributed by atoms with Crippen LogP contribution in [0.3, 0.4) is 0 Å². The molecule has 0 heterocycles. The van der Waals surface area contributed by atoms with Crippen molar-refractivity contribution in [1.29, 1.82) is 0 Å². The molecule has 7 nitrogen and oxygen atoms in total. The van der Waals surface area contributed by atoms with E-state index in [1.54, 1.807) is 13.8 Å². The minimum absolute atomic E-state index is 0.0544. The smallest absolute Gasteiger partial charge is 0.296 e. The molecule has 0 aliphatic heterocycles. The Labute approximate surface area is 110 Å². The number of nitro groups is 1. The maximum absolute atomic E-state index is 12.0. The van der Waals surface area contributed by atoms with Crippen LogP contribution in [0.1, 0.15) is 20.8 Å². The van der Waals surface area contributed by atoms with E-state index in [2.05, 4.69) is 10.6 Å². The minimum Gasteiger partial charge on any atom is -0.508 e. The Bertz CT molecular complexity index is 500. The van der Waals surface area contributed by atoms with Gasteiger partial charge in [0, 0.05) is 0 Å². The average Bonchev–Trinajstić information content (AvgIpc) is 2.30. The van der Waals surface area contributed by atoms with E-state index in [4.69, 9.17) is 0 Å². The van der Waals surface area contributed by atoms with Crippen molar-refractivity contribution in [2.45, 2.75) is 26.3 Å². The van der Waals surface area contributed by atoms with Gasteiger partial charge in [-0.3, -0.25) is 14.9 Å². The lowest BCUT2D eigenvalue weighted by molar-refractivity contribution is -0.384. The summed E-state index contributed by atoms with van der Waals surface area (Å²) in [6.45, 7) is 5.81. The van der Waals surface area contributed by atoms with E-state index in [0.29, 0.717) is 6.54 Å². The van der Waals surface area contributed by atoms with E-state index in [9.17, 15) is 20.0 Å². The maximum Gasteiger partial charge on any atom is 0.296 e. The lowest BCUT2D eigenvalue weighted by Crippen LogP contribution is -2.49. The number of hydrogen-bond donors (Lipinski definition) is 3. The van der Waals surface area contributed by atoms with E-state index in [1.165, 1.54) is 12.1 Å². The molecule has 0 bridgehead atoms. The molecule has 0 atom stereocenters. The molecule has 0 aliphatic rings. The van der Waals surface area contributed by atoms with Gasteiger partial charge in [-0.15, -0.1) is 0 Å². The summed E-state index contributed by atoms with van der Waals surface area (Å²) in [6, 6.07) is 3.58. The van der Waals surface area contributed by atoms with Crippen LogP contribution >= 0.6 is 0 Å². The standard InChI is InChI=1S/C12H17N3O4/c1-4-13-12(2,3)11(17)14-9-6-5-8(16)7-10(9)15(18)19/h5-7,13,16H,4H2,1-3H3,(H,14,17). The zero-order valence-electron chi connectivity index (χ0n) is 11.1. The summed E-state index contributed by atoms with van der Waals surface area (Å²) < 4.78 is 0. The molecule has 1 rings (SSSR count). The van der Waals surface area contributed by atoms with Crippen LogP contribution in [0.15, 0.2) is 18.2 Å². The number of amides is 1. The van der Waals surface area contributed by atoms with E-state index in [0.717, 1.165) is 6.07 Å². The largest absolute Gasteiger partial charge is 0.508 e. The minimum atomic E-state index is -0.847. The Hall–Kier alpha value is -2.15. The molecule has 1 aromatic rings. The van der Waals surface area contributed by atoms with Crippen molar-refractivity contribution < 1.29 is 14.8 Å². The summed E-state index contributed by atoms with van der Waals surface area (Å²) >= 11 is 0. The second-order valence-electron chi connectivity index (χ2n) is 4.57. The van der Waals surface area contributed by atoms with Crippen molar-refractivity contribution in [3.63, 3.8) is 0 Å². The molecule has 7 heteroatoms. The predicted molar refractivity (Wildman–Crippen MR) is 71.1 cm³/mol. The fourth-order valence-corrected chi connectivity index (χ4v) is 1.58. The second-order valence-corrected chi connectivity index (χ2v) is 4.57. The van der Waals surface area contributed by atoms with Gasteiger partial charge in [0.15, 0.2) is 0 Å². The molecule has 0 unspecified atom stereocenters. The van der Waals surface area contributed by atoms with Gasteiger partial charge in [0.2, 0.25) is 5.91 Å². The fraction of sp³-hybridized carbons (Fsp3) is 0.417. The molecular weight excluding hydrogens is 250 g/mol. The third kappa shape index (κ3) is 3.65. The lowest BCUT2D eigenvalue weighted by Gasteiger charge is -2.24. The van der Waals surface area contributed by atoms with Crippen LogP contribution in [0, 0.1) is 10.1 Å². The topological polar surface area (TPSA) is 104 Å². The van der Waals surface area contributed by atoms with Crippen LogP contribution in [0.5, 0.6) is 5.75 Å². The van der Waals surface area contributed by atoms with Gasteiger partial charge in [-0.25, -0.2) is 0 Å². The second kappa shape index (κ2) is 5.66. The number of anilines is 1. The molecule has 0 fully saturated rings. The molecule has 1 amide bonds. The highest BCUT2D eigenvalue weighted by molar-refractivity contribution is 5.99. The van der Waals surface area contributed by atoms with Gasteiger partial charge < -0.3 is 15.7 Å². The number of aromatic hydroxyl groups is 1. The molecule has 0 saturated heterocycles. The highest BCUT2D eigenvalue weighted by Gasteiger charge is 2.28. The van der Waals surface area contributed by atoms with Crippen molar-refractivity contribution in [1.82, 2.24) is 5.32 Å². The summed E-state index contributed by atoms with van der Waals surface area (Å²) in [5, 5.41) is 25.6. The number of likely N-dealkylation sites (N-methyl/N-ethyl adjacent to an activating group) is 1. The van der Waals surface area contributed by atoms with Crippen molar-refractivity contribution in [2.24, 2.45) is 0 Å². The molecule has 1 aromatic carbocycles. The van der Waals surface area contributed by atoms with Gasteiger partial charge in [-0.2, -0.15) is 0 Å². The number of phenolic OH excluding ortho intramolecular Hbond substituents is 1. The summed E-state index contributed by atoms with van der Waals surface area (Å²) in [5.74, 6) is -0.612. The maximum atomic E-state index is 12.0. The number of phenols is 1. The molecule has 0 aromatic heterocycles. The van der Waals surface area contributed by atoms with Crippen LogP contribution in [-0.4, -0.2) is 28.0 Å². The average molecular weight is 267 g/mol. The van der Waals surface area contributed by atoms with Crippen LogP contribution in [0.4, 0.5) is 11.4 Å². The van der Waals surface area contributed by atoms with Crippen LogP contribution in [-0.2, 0) is 4.79 Å². The summed E-state index contributed by atoms with van der Waals surface area (Å²) in [7, 11) is 0. The van der Waals surface area contributed by atoms with Gasteiger partial charge in [-0.1, -0.05) is 6.92 Å². The first kappa shape index (κ1) is 14.9. The van der Waals surface area contributed by atoms with E-state index < -0.39 is 10.5 Å². The third-order valence-electron chi connectivity index (χ3n) is 2.61. The van der Waals surface area contributed by atoms with Crippen molar-refractivity contribution in [3.8, 4) is 5.75 Å². The van der Waals surface area contributed by atoms with Crippen molar-refractivity contribution in [3.05, 3.63) is 28.3 Å². The molecule has 19 heavy (non-hydrogen) atoms. The number of benzene rings is 1. The normalized spacial score (nSPS) is 11.1. The number of nitrogens with zero attached hydrogens (tertiary/aromatic N) is 1. The van der Waals surface area contributed by atoms with Crippen LogP contribution in [0.2, 0.25) is 0 Å². The molecule has 0 saturated carbocycles. The number of carbonyl (C=O) groups is 1. The molecular formula is C12H17N3O4. The Morgan fingerprint density at radius 1 is 1.47 bits per heavy atom. The highest BCUT2D eigenvalue weighted by atomic mass is 16.6. The van der Waals surface area contributed by atoms with Gasteiger partial charge in [0.1, 0.15) is 11.4 Å². The van der Waals surface area contributed by atoms with E-state index >= 15 is 0 Å². The first-order valence-corrected chi connectivity index (χ1v) is 5.82. The van der Waals surface area contributed by atoms with Gasteiger partial charge >= 0.3 is 0 Å². The third-order valence-corrected chi connectivity index (χ3v) is 2.61. The van der Waals surface area contributed by atoms with E-state index in [1.807, 2.05) is 6.92 Å². The molecule has 0 radical (unpaired) electrons. The summed E-state index contributed by atoms with van der Waals surface area (Å²) in [4.78, 5) is 22.2. The summed E-state index contributed by atoms with van der Waals surface area (Å²) in [5.41, 5.74) is -1.14. The number of nitrogens with one attached hydrogen (secondary N) is 2. The zero-order chi connectivity index (χ0) is 14.6. The first-order chi connectivity index (χ1) is 8.77. The van der Waals surface area contributed by atoms with Crippen LogP contribution in [0.25, 0.3) is 0 Å². The first-order valence-electron chi connectivity index (χ1n) is 5.82. The van der Waals surface area contributed by atoms with Gasteiger partial charge in [0.05, 0.1) is 16.5 Å². The molecule has 0 spiro atoms. The van der Waals surface area contributed by atoms with Crippen molar-refractivity contribution >= 4 is 17.3 Å². The Morgan fingerprint density at radius 3 is 2.63 bits per heavy atom. The highest BCUT2D eigenvalue weighted by Crippen LogP contribution is 2.28. The fourth-order valence-electron chi connectivity index (χ4n) is 1.58. The predicted octanol–water partition coefficient (Wildman–Crippen LogP) is 1.63. The molecule has 3 N–H and O–H groups in total. The Balaban J connectivity index is 3.00. The van der Waals surface area contributed by atoms with E-state index in [-0.39, 0.29) is 23.0 Å². The van der Waals surface area contributed by atoms with Gasteiger partial charge in [-0.05, 0) is 32.5 Å². The molecule has 104 valence electrons. The number of nitro benzene ring substituents is 1. The lowest BCUT2D eigenvalue weighted by atomic mass is 10.0. The Morgan fingerprint density at radius 2 is 2.11 bits per heavy atom. The SMILES string of the molecule is CCNC(C)(C)C(=O)Nc1ccc(O)cc1[N+](=O)[O-]. The van der Waals surface area contributed by atoms with Gasteiger partial charge in [0.25, 0.3) is 5.69 Å². The quantitative estimate of drug-likeness (QED) is 0.427. The monoisotopic (exact) mass is 267 g/mol. The number of carbonyl (C=O) groups excluding carboxylic acids is 1. The Kier molecular flexibility index (Phi) is 4.44. The number of rotatable bonds is 5. The van der Waals surface area contributed by atoms with Crippen molar-refractivity contribution in [2.75, 3.05) is 11.9 Å². The molecule has 0 aliphatic carbocycles.